The summed E-state index contributed by atoms with van der Waals surface area (Å²) in [6.07, 6.45) is 0. The van der Waals surface area contributed by atoms with Crippen LogP contribution in [-0.4, -0.2) is 19.1 Å². The first kappa shape index (κ1) is 30.6. The summed E-state index contributed by atoms with van der Waals surface area (Å²) in [5.41, 5.74) is 10.2. The molecule has 0 bridgehead atoms. The maximum absolute atomic E-state index is 6.52. The number of nitrogens with zero attached hydrogens (tertiary/aromatic N) is 4. The van der Waals surface area contributed by atoms with Gasteiger partial charge in [-0.05, 0) is 77.5 Å². The van der Waals surface area contributed by atoms with Crippen molar-refractivity contribution in [1.29, 1.82) is 0 Å². The Labute approximate surface area is 325 Å². The number of hydrogen-bond donors (Lipinski definition) is 0. The first-order valence-corrected chi connectivity index (χ1v) is 19.3. The second kappa shape index (κ2) is 11.4. The Morgan fingerprint density at radius 1 is 0.368 bits per heavy atom. The lowest BCUT2D eigenvalue weighted by molar-refractivity contribution is 0.672. The Hall–Kier alpha value is -7.76. The number of benzene rings is 9. The molecule has 4 heterocycles. The van der Waals surface area contributed by atoms with Crippen LogP contribution in [0, 0.1) is 0 Å². The molecule has 5 heteroatoms. The van der Waals surface area contributed by atoms with Crippen molar-refractivity contribution in [2.75, 3.05) is 0 Å². The average molecular weight is 727 g/mol. The highest BCUT2D eigenvalue weighted by molar-refractivity contribution is 6.21. The molecule has 57 heavy (non-hydrogen) atoms. The smallest absolute Gasteiger partial charge is 0.235 e. The predicted octanol–water partition coefficient (Wildman–Crippen LogP) is 13.7. The van der Waals surface area contributed by atoms with Gasteiger partial charge in [-0.15, -0.1) is 0 Å². The van der Waals surface area contributed by atoms with Gasteiger partial charge in [0.2, 0.25) is 5.95 Å². The molecule has 0 aliphatic carbocycles. The standard InChI is InChI=1S/C52H30N4O/c1-2-13-34(14-3-1)55-44-19-9-6-16-36(44)42-28-33(24-27-46(42)55)49-40-26-22-31-12-4-5-15-35(31)50(40)54-52(53-49)56-45-20-10-7-17-37(45)43-30-41-32(29-47(43)56)23-25-39-38-18-8-11-21-48(38)57-51(39)41/h1-30H. The van der Waals surface area contributed by atoms with E-state index in [1.165, 1.54) is 16.3 Å². The predicted molar refractivity (Wildman–Crippen MR) is 236 cm³/mol. The second-order valence-corrected chi connectivity index (χ2v) is 15.0. The number of para-hydroxylation sites is 4. The fourth-order valence-corrected chi connectivity index (χ4v) is 9.33. The van der Waals surface area contributed by atoms with Gasteiger partial charge in [0, 0.05) is 59.7 Å². The van der Waals surface area contributed by atoms with Crippen LogP contribution in [0.5, 0.6) is 0 Å². The van der Waals surface area contributed by atoms with Crippen LogP contribution in [0.1, 0.15) is 0 Å². The first-order valence-electron chi connectivity index (χ1n) is 19.3. The van der Waals surface area contributed by atoms with Gasteiger partial charge in [0.1, 0.15) is 11.2 Å². The van der Waals surface area contributed by atoms with E-state index >= 15 is 0 Å². The van der Waals surface area contributed by atoms with Gasteiger partial charge in [-0.2, -0.15) is 0 Å². The van der Waals surface area contributed by atoms with E-state index in [0.29, 0.717) is 5.95 Å². The summed E-state index contributed by atoms with van der Waals surface area (Å²) in [5.74, 6) is 0.635. The van der Waals surface area contributed by atoms with E-state index < -0.39 is 0 Å². The maximum atomic E-state index is 6.52. The van der Waals surface area contributed by atoms with E-state index in [0.717, 1.165) is 98.7 Å². The van der Waals surface area contributed by atoms with Crippen molar-refractivity contribution in [1.82, 2.24) is 19.1 Å². The van der Waals surface area contributed by atoms with E-state index in [1.54, 1.807) is 0 Å². The third-order valence-corrected chi connectivity index (χ3v) is 11.9. The molecule has 0 saturated heterocycles. The summed E-state index contributed by atoms with van der Waals surface area (Å²) < 4.78 is 11.1. The molecule has 0 aliphatic heterocycles. The molecule has 0 N–H and O–H groups in total. The third kappa shape index (κ3) is 4.28. The SMILES string of the molecule is c1ccc(-n2c3ccccc3c3cc(-c4nc(-n5c6ccccc6c6cc7c(ccc8c9ccccc9oc78)cc65)nc5c4ccc4ccccc45)ccc32)cc1. The van der Waals surface area contributed by atoms with Gasteiger partial charge in [0.05, 0.1) is 33.3 Å². The van der Waals surface area contributed by atoms with Crippen molar-refractivity contribution in [3.8, 4) is 22.9 Å². The van der Waals surface area contributed by atoms with Gasteiger partial charge >= 0.3 is 0 Å². The highest BCUT2D eigenvalue weighted by atomic mass is 16.3. The van der Waals surface area contributed by atoms with Gasteiger partial charge in [0.15, 0.2) is 0 Å². The fourth-order valence-electron chi connectivity index (χ4n) is 9.33. The number of fused-ring (bicyclic) bond motifs is 14. The molecule has 4 aromatic heterocycles. The summed E-state index contributed by atoms with van der Waals surface area (Å²) in [5, 5.41) is 12.4. The van der Waals surface area contributed by atoms with Crippen molar-refractivity contribution in [3.05, 3.63) is 182 Å². The van der Waals surface area contributed by atoms with Crippen molar-refractivity contribution in [2.24, 2.45) is 0 Å². The average Bonchev–Trinajstić information content (AvgIpc) is 3.93. The van der Waals surface area contributed by atoms with E-state index in [4.69, 9.17) is 14.4 Å². The lowest BCUT2D eigenvalue weighted by Gasteiger charge is -2.14. The molecule has 0 aliphatic rings. The Bertz CT molecular complexity index is 3810. The third-order valence-electron chi connectivity index (χ3n) is 11.9. The van der Waals surface area contributed by atoms with Crippen molar-refractivity contribution in [2.45, 2.75) is 0 Å². The minimum atomic E-state index is 0.635. The van der Waals surface area contributed by atoms with Crippen LogP contribution in [0.2, 0.25) is 0 Å². The minimum Gasteiger partial charge on any atom is -0.455 e. The van der Waals surface area contributed by atoms with Crippen molar-refractivity contribution in [3.63, 3.8) is 0 Å². The van der Waals surface area contributed by atoms with E-state index in [-0.39, 0.29) is 0 Å². The van der Waals surface area contributed by atoms with Crippen LogP contribution >= 0.6 is 0 Å². The highest BCUT2D eigenvalue weighted by Crippen LogP contribution is 2.41. The van der Waals surface area contributed by atoms with Crippen LogP contribution in [0.25, 0.3) is 121 Å². The molecule has 0 atom stereocenters. The molecule has 0 saturated carbocycles. The minimum absolute atomic E-state index is 0.635. The van der Waals surface area contributed by atoms with Gasteiger partial charge in [0.25, 0.3) is 0 Å². The molecule has 0 amide bonds. The Balaban J connectivity index is 1.12. The van der Waals surface area contributed by atoms with Crippen LogP contribution in [0.4, 0.5) is 0 Å². The molecular formula is C52H30N4O. The number of furan rings is 1. The summed E-state index contributed by atoms with van der Waals surface area (Å²) in [6, 6.07) is 64.8. The second-order valence-electron chi connectivity index (χ2n) is 15.0. The lowest BCUT2D eigenvalue weighted by Crippen LogP contribution is -2.04. The summed E-state index contributed by atoms with van der Waals surface area (Å²) in [4.78, 5) is 11.0. The quantitative estimate of drug-likeness (QED) is 0.170. The molecule has 264 valence electrons. The number of hydrogen-bond acceptors (Lipinski definition) is 3. The maximum Gasteiger partial charge on any atom is 0.235 e. The van der Waals surface area contributed by atoms with Crippen LogP contribution in [0.3, 0.4) is 0 Å². The highest BCUT2D eigenvalue weighted by Gasteiger charge is 2.21. The topological polar surface area (TPSA) is 48.8 Å². The fraction of sp³-hybridized carbons (Fsp3) is 0. The van der Waals surface area contributed by atoms with Gasteiger partial charge in [-0.25, -0.2) is 9.97 Å². The molecular weight excluding hydrogens is 697 g/mol. The molecule has 0 radical (unpaired) electrons. The normalized spacial score (nSPS) is 12.2. The van der Waals surface area contributed by atoms with Gasteiger partial charge in [-0.3, -0.25) is 4.57 Å². The van der Waals surface area contributed by atoms with E-state index in [9.17, 15) is 0 Å². The van der Waals surface area contributed by atoms with Gasteiger partial charge in [-0.1, -0.05) is 115 Å². The summed E-state index contributed by atoms with van der Waals surface area (Å²) in [6.45, 7) is 0. The van der Waals surface area contributed by atoms with Gasteiger partial charge < -0.3 is 8.98 Å². The van der Waals surface area contributed by atoms with E-state index in [2.05, 4.69) is 179 Å². The molecule has 0 unspecified atom stereocenters. The molecule has 13 aromatic rings. The van der Waals surface area contributed by atoms with Crippen LogP contribution < -0.4 is 0 Å². The van der Waals surface area contributed by atoms with Crippen LogP contribution in [0.15, 0.2) is 186 Å². The Kier molecular flexibility index (Phi) is 6.10. The lowest BCUT2D eigenvalue weighted by atomic mass is 10.0. The Morgan fingerprint density at radius 2 is 1.02 bits per heavy atom. The molecule has 0 fully saturated rings. The Morgan fingerprint density at radius 3 is 1.86 bits per heavy atom. The summed E-state index contributed by atoms with van der Waals surface area (Å²) >= 11 is 0. The number of rotatable bonds is 3. The largest absolute Gasteiger partial charge is 0.455 e. The zero-order valence-electron chi connectivity index (χ0n) is 30.5. The molecule has 0 spiro atoms. The zero-order valence-corrected chi connectivity index (χ0v) is 30.5. The molecule has 5 nitrogen and oxygen atoms in total. The van der Waals surface area contributed by atoms with Crippen molar-refractivity contribution < 1.29 is 4.42 Å². The summed E-state index contributed by atoms with van der Waals surface area (Å²) in [7, 11) is 0. The number of aromatic nitrogens is 4. The molecule has 9 aromatic carbocycles. The monoisotopic (exact) mass is 726 g/mol. The van der Waals surface area contributed by atoms with Crippen molar-refractivity contribution >= 4 is 98.0 Å². The van der Waals surface area contributed by atoms with Crippen LogP contribution in [-0.2, 0) is 0 Å². The zero-order chi connectivity index (χ0) is 37.2. The molecule has 13 rings (SSSR count). The first-order chi connectivity index (χ1) is 28.3. The van der Waals surface area contributed by atoms with E-state index in [1.807, 2.05) is 12.1 Å².